The Kier molecular flexibility index (Phi) is 5.39. The van der Waals surface area contributed by atoms with Crippen molar-refractivity contribution in [1.29, 1.82) is 0 Å². The number of aromatic amines is 1. The lowest BCUT2D eigenvalue weighted by Gasteiger charge is -2.04. The predicted molar refractivity (Wildman–Crippen MR) is 100 cm³/mol. The summed E-state index contributed by atoms with van der Waals surface area (Å²) < 4.78 is 6.37. The van der Waals surface area contributed by atoms with Crippen LogP contribution in [0.4, 0.5) is 0 Å². The van der Waals surface area contributed by atoms with Crippen LogP contribution in [0.2, 0.25) is 0 Å². The van der Waals surface area contributed by atoms with E-state index in [4.69, 9.17) is 23.2 Å². The van der Waals surface area contributed by atoms with Gasteiger partial charge in [0, 0.05) is 17.6 Å². The van der Waals surface area contributed by atoms with Gasteiger partial charge in [-0.1, -0.05) is 11.6 Å². The largest absolute Gasteiger partial charge is 0.465 e. The van der Waals surface area contributed by atoms with Crippen molar-refractivity contribution in [3.8, 4) is 0 Å². The number of halogens is 2. The van der Waals surface area contributed by atoms with E-state index in [0.29, 0.717) is 28.9 Å². The van der Waals surface area contributed by atoms with Crippen LogP contribution in [0.5, 0.6) is 0 Å². The van der Waals surface area contributed by atoms with Crippen LogP contribution in [-0.2, 0) is 11.3 Å². The van der Waals surface area contributed by atoms with E-state index in [1.54, 1.807) is 23.2 Å². The fraction of sp³-hybridized carbons (Fsp3) is 0.176. The van der Waals surface area contributed by atoms with Gasteiger partial charge in [0.15, 0.2) is 5.82 Å². The number of H-pyrrole nitrogens is 1. The first-order valence-corrected chi connectivity index (χ1v) is 8.51. The highest BCUT2D eigenvalue weighted by molar-refractivity contribution is 6.50. The van der Waals surface area contributed by atoms with Crippen molar-refractivity contribution in [2.24, 2.45) is 0 Å². The number of methoxy groups -OCH3 is 1. The van der Waals surface area contributed by atoms with Gasteiger partial charge in [0.05, 0.1) is 41.4 Å². The first-order chi connectivity index (χ1) is 12.5. The first kappa shape index (κ1) is 18.2. The number of esters is 1. The molecule has 0 atom stereocenters. The number of nitrogens with zero attached hydrogens (tertiary/aromatic N) is 3. The van der Waals surface area contributed by atoms with Gasteiger partial charge in [-0.05, 0) is 24.3 Å². The average Bonchev–Trinajstić information content (AvgIpc) is 3.07. The van der Waals surface area contributed by atoms with Crippen LogP contribution in [-0.4, -0.2) is 38.7 Å². The highest BCUT2D eigenvalue weighted by atomic mass is 35.5. The van der Waals surface area contributed by atoms with Crippen molar-refractivity contribution in [3.05, 3.63) is 57.9 Å². The molecule has 3 rings (SSSR count). The minimum absolute atomic E-state index is 0.191. The molecule has 0 unspecified atom stereocenters. The molecule has 0 aliphatic rings. The summed E-state index contributed by atoms with van der Waals surface area (Å²) >= 11 is 12.0. The monoisotopic (exact) mass is 392 g/mol. The summed E-state index contributed by atoms with van der Waals surface area (Å²) in [5.74, 6) is 0.126. The highest BCUT2D eigenvalue weighted by Crippen LogP contribution is 2.20. The van der Waals surface area contributed by atoms with Crippen LogP contribution < -0.4 is 5.56 Å². The van der Waals surface area contributed by atoms with Crippen LogP contribution in [0.1, 0.15) is 21.7 Å². The van der Waals surface area contributed by atoms with Crippen molar-refractivity contribution in [1.82, 2.24) is 19.7 Å². The molecule has 0 amide bonds. The van der Waals surface area contributed by atoms with E-state index >= 15 is 0 Å². The summed E-state index contributed by atoms with van der Waals surface area (Å²) in [4.78, 5) is 30.9. The lowest BCUT2D eigenvalue weighted by Crippen LogP contribution is -2.11. The number of benzene rings is 1. The Morgan fingerprint density at radius 3 is 2.96 bits per heavy atom. The van der Waals surface area contributed by atoms with E-state index in [1.165, 1.54) is 25.3 Å². The smallest absolute Gasteiger partial charge is 0.337 e. The maximum absolute atomic E-state index is 12.3. The first-order valence-electron chi connectivity index (χ1n) is 7.60. The summed E-state index contributed by atoms with van der Waals surface area (Å²) in [5, 5.41) is 4.73. The van der Waals surface area contributed by atoms with Crippen LogP contribution in [0.3, 0.4) is 0 Å². The van der Waals surface area contributed by atoms with E-state index in [9.17, 15) is 9.59 Å². The van der Waals surface area contributed by atoms with Crippen LogP contribution in [0.15, 0.2) is 35.4 Å². The number of carbonyl (C=O) groups excluding carboxylic acids is 1. The highest BCUT2D eigenvalue weighted by Gasteiger charge is 2.11. The van der Waals surface area contributed by atoms with Gasteiger partial charge in [-0.25, -0.2) is 9.78 Å². The standard InChI is InChI=1S/C17H14Cl2N4O3/c1-26-17(25)11-2-3-12-14(7-11)21-15(22-16(12)24)13(19)6-10-8-20-23(9-10)5-4-18/h2-3,6-9H,4-5H2,1H3,(H,21,22,24)/b13-6-. The second-order valence-electron chi connectivity index (χ2n) is 5.36. The molecule has 0 radical (unpaired) electrons. The Morgan fingerprint density at radius 2 is 2.23 bits per heavy atom. The number of rotatable bonds is 5. The fourth-order valence-corrected chi connectivity index (χ4v) is 2.76. The Balaban J connectivity index is 2.01. The molecule has 0 aliphatic carbocycles. The van der Waals surface area contributed by atoms with Gasteiger partial charge in [-0.3, -0.25) is 9.48 Å². The summed E-state index contributed by atoms with van der Waals surface area (Å²) in [7, 11) is 1.28. The zero-order valence-electron chi connectivity index (χ0n) is 13.7. The molecule has 134 valence electrons. The summed E-state index contributed by atoms with van der Waals surface area (Å²) in [6.45, 7) is 0.578. The lowest BCUT2D eigenvalue weighted by molar-refractivity contribution is 0.0601. The predicted octanol–water partition coefficient (Wildman–Crippen LogP) is 2.88. The fourth-order valence-electron chi connectivity index (χ4n) is 2.38. The molecule has 9 heteroatoms. The lowest BCUT2D eigenvalue weighted by atomic mass is 10.1. The third kappa shape index (κ3) is 3.79. The molecular weight excluding hydrogens is 379 g/mol. The quantitative estimate of drug-likeness (QED) is 0.532. The topological polar surface area (TPSA) is 89.9 Å². The molecule has 2 aromatic heterocycles. The molecule has 0 spiro atoms. The molecule has 0 bridgehead atoms. The molecule has 1 aromatic carbocycles. The molecule has 2 heterocycles. The van der Waals surface area contributed by atoms with Gasteiger partial charge in [0.1, 0.15) is 0 Å². The van der Waals surface area contributed by atoms with Crippen molar-refractivity contribution in [3.63, 3.8) is 0 Å². The molecule has 0 saturated carbocycles. The molecule has 7 nitrogen and oxygen atoms in total. The van der Waals surface area contributed by atoms with Gasteiger partial charge >= 0.3 is 5.97 Å². The van der Waals surface area contributed by atoms with Gasteiger partial charge in [0.25, 0.3) is 5.56 Å². The number of aryl methyl sites for hydroxylation is 1. The van der Waals surface area contributed by atoms with Crippen LogP contribution in [0, 0.1) is 0 Å². The number of hydrogen-bond acceptors (Lipinski definition) is 5. The van der Waals surface area contributed by atoms with Gasteiger partial charge < -0.3 is 9.72 Å². The zero-order valence-corrected chi connectivity index (χ0v) is 15.2. The molecule has 0 fully saturated rings. The van der Waals surface area contributed by atoms with Gasteiger partial charge in [-0.2, -0.15) is 5.10 Å². The minimum atomic E-state index is -0.510. The third-order valence-electron chi connectivity index (χ3n) is 3.61. The maximum atomic E-state index is 12.3. The second kappa shape index (κ2) is 7.72. The van der Waals surface area contributed by atoms with Crippen molar-refractivity contribution >= 4 is 51.2 Å². The Hall–Kier alpha value is -2.64. The zero-order chi connectivity index (χ0) is 18.7. The summed E-state index contributed by atoms with van der Waals surface area (Å²) in [6.07, 6.45) is 5.04. The maximum Gasteiger partial charge on any atom is 0.337 e. The van der Waals surface area contributed by atoms with E-state index in [0.717, 1.165) is 5.56 Å². The van der Waals surface area contributed by atoms with E-state index in [1.807, 2.05) is 0 Å². The molecule has 3 aromatic rings. The Bertz CT molecular complexity index is 1060. The van der Waals surface area contributed by atoms with E-state index in [2.05, 4.69) is 19.8 Å². The van der Waals surface area contributed by atoms with Gasteiger partial charge in [0.2, 0.25) is 0 Å². The van der Waals surface area contributed by atoms with Crippen LogP contribution >= 0.6 is 23.2 Å². The second-order valence-corrected chi connectivity index (χ2v) is 6.14. The Labute approximate surface area is 158 Å². The SMILES string of the molecule is COC(=O)c1ccc2c(=O)[nH]c(/C(Cl)=C/c3cnn(CCCl)c3)nc2c1. The number of hydrogen-bond donors (Lipinski definition) is 1. The number of alkyl halides is 1. The van der Waals surface area contributed by atoms with E-state index in [-0.39, 0.29) is 16.4 Å². The number of carbonyl (C=O) groups is 1. The number of fused-ring (bicyclic) bond motifs is 1. The molecule has 1 N–H and O–H groups in total. The van der Waals surface area contributed by atoms with Gasteiger partial charge in [-0.15, -0.1) is 11.6 Å². The minimum Gasteiger partial charge on any atom is -0.465 e. The molecule has 0 saturated heterocycles. The number of nitrogens with one attached hydrogen (secondary N) is 1. The number of ether oxygens (including phenoxy) is 1. The third-order valence-corrected chi connectivity index (χ3v) is 4.07. The molecular formula is C17H14Cl2N4O3. The normalized spacial score (nSPS) is 11.7. The summed E-state index contributed by atoms with van der Waals surface area (Å²) in [5.41, 5.74) is 1.03. The van der Waals surface area contributed by atoms with Crippen molar-refractivity contribution in [2.45, 2.75) is 6.54 Å². The van der Waals surface area contributed by atoms with Crippen molar-refractivity contribution in [2.75, 3.05) is 13.0 Å². The Morgan fingerprint density at radius 1 is 1.42 bits per heavy atom. The van der Waals surface area contributed by atoms with Crippen molar-refractivity contribution < 1.29 is 9.53 Å². The van der Waals surface area contributed by atoms with Crippen LogP contribution in [0.25, 0.3) is 22.0 Å². The number of aromatic nitrogens is 4. The van der Waals surface area contributed by atoms with E-state index < -0.39 is 5.97 Å². The summed E-state index contributed by atoms with van der Waals surface area (Å²) in [6, 6.07) is 4.51. The molecule has 26 heavy (non-hydrogen) atoms. The average molecular weight is 393 g/mol. The molecule has 0 aliphatic heterocycles.